The number of rotatable bonds is 3. The van der Waals surface area contributed by atoms with Crippen LogP contribution in [-0.4, -0.2) is 28.8 Å². The lowest BCUT2D eigenvalue weighted by atomic mass is 10.3. The maximum Gasteiger partial charge on any atom is 0.298 e. The fourth-order valence-electron chi connectivity index (χ4n) is 2.03. The molecule has 6 nitrogen and oxygen atoms in total. The highest BCUT2D eigenvalue weighted by atomic mass is 16.5. The first-order chi connectivity index (χ1) is 8.78. The summed E-state index contributed by atoms with van der Waals surface area (Å²) in [5.41, 5.74) is 1.62. The molecule has 0 aliphatic heterocycles. The molecule has 1 aliphatic rings. The lowest BCUT2D eigenvalue weighted by molar-refractivity contribution is 0.359. The fourth-order valence-corrected chi connectivity index (χ4v) is 2.03. The van der Waals surface area contributed by atoms with E-state index in [0.29, 0.717) is 34.7 Å². The number of nitriles is 1. The van der Waals surface area contributed by atoms with Gasteiger partial charge in [-0.05, 0) is 12.8 Å². The molecule has 3 rings (SSSR count). The van der Waals surface area contributed by atoms with Crippen LogP contribution in [0.15, 0.2) is 6.07 Å². The van der Waals surface area contributed by atoms with Gasteiger partial charge in [0.1, 0.15) is 11.8 Å². The van der Waals surface area contributed by atoms with E-state index >= 15 is 0 Å². The molecule has 2 aromatic heterocycles. The second-order valence-electron chi connectivity index (χ2n) is 4.19. The lowest BCUT2D eigenvalue weighted by Crippen LogP contribution is -2.00. The Hall–Kier alpha value is -2.29. The van der Waals surface area contributed by atoms with E-state index in [1.54, 1.807) is 20.3 Å². The van der Waals surface area contributed by atoms with Gasteiger partial charge in [0, 0.05) is 12.1 Å². The fraction of sp³-hybridized carbons (Fsp3) is 0.417. The van der Waals surface area contributed by atoms with E-state index < -0.39 is 0 Å². The summed E-state index contributed by atoms with van der Waals surface area (Å²) in [6, 6.07) is 4.52. The van der Waals surface area contributed by atoms with Gasteiger partial charge in [0.15, 0.2) is 16.9 Å². The van der Waals surface area contributed by atoms with E-state index in [-0.39, 0.29) is 0 Å². The highest BCUT2D eigenvalue weighted by molar-refractivity contribution is 5.80. The molecule has 2 heterocycles. The summed E-state index contributed by atoms with van der Waals surface area (Å²) < 4.78 is 12.5. The van der Waals surface area contributed by atoms with Crippen LogP contribution in [0.5, 0.6) is 11.8 Å². The molecule has 1 fully saturated rings. The van der Waals surface area contributed by atoms with Crippen molar-refractivity contribution < 1.29 is 9.47 Å². The Morgan fingerprint density at radius 1 is 1.33 bits per heavy atom. The zero-order valence-corrected chi connectivity index (χ0v) is 10.2. The van der Waals surface area contributed by atoms with Gasteiger partial charge >= 0.3 is 0 Å². The van der Waals surface area contributed by atoms with Crippen molar-refractivity contribution in [2.45, 2.75) is 18.9 Å². The minimum absolute atomic E-state index is 0.323. The number of pyridine rings is 1. The molecule has 0 unspecified atom stereocenters. The molecule has 0 atom stereocenters. The van der Waals surface area contributed by atoms with E-state index in [0.717, 1.165) is 12.8 Å². The maximum atomic E-state index is 9.00. The van der Waals surface area contributed by atoms with Crippen LogP contribution in [0.4, 0.5) is 0 Å². The zero-order valence-electron chi connectivity index (χ0n) is 10.2. The normalized spacial score (nSPS) is 14.5. The summed E-state index contributed by atoms with van der Waals surface area (Å²) in [5.74, 6) is 0.550. The topological polar surface area (TPSA) is 73.0 Å². The molecule has 1 aliphatic carbocycles. The number of ether oxygens (including phenoxy) is 2. The lowest BCUT2D eigenvalue weighted by Gasteiger charge is -2.05. The van der Waals surface area contributed by atoms with Gasteiger partial charge in [0.2, 0.25) is 0 Å². The van der Waals surface area contributed by atoms with Gasteiger partial charge in [-0.3, -0.25) is 4.57 Å². The number of hydrogen-bond acceptors (Lipinski definition) is 5. The Balaban J connectivity index is 2.34. The standard InChI is InChI=1S/C12H12N4O2/c1-17-9-5-7(6-13)14-11-10(9)15-12(18-2)16(11)8-3-4-8/h5,8H,3-4H2,1-2H3. The Morgan fingerprint density at radius 3 is 2.67 bits per heavy atom. The first-order valence-corrected chi connectivity index (χ1v) is 5.69. The molecule has 0 amide bonds. The number of methoxy groups -OCH3 is 2. The quantitative estimate of drug-likeness (QED) is 0.820. The molecule has 0 spiro atoms. The van der Waals surface area contributed by atoms with Crippen LogP contribution in [0, 0.1) is 11.3 Å². The number of imidazole rings is 1. The van der Waals surface area contributed by atoms with Crippen molar-refractivity contribution in [1.29, 1.82) is 5.26 Å². The summed E-state index contributed by atoms with van der Waals surface area (Å²) in [6.45, 7) is 0. The van der Waals surface area contributed by atoms with Gasteiger partial charge in [0.25, 0.3) is 6.01 Å². The predicted octanol–water partition coefficient (Wildman–Crippen LogP) is 1.66. The Labute approximate surface area is 104 Å². The molecule has 18 heavy (non-hydrogen) atoms. The third kappa shape index (κ3) is 1.48. The van der Waals surface area contributed by atoms with E-state index in [1.165, 1.54) is 0 Å². The van der Waals surface area contributed by atoms with Crippen molar-refractivity contribution in [2.24, 2.45) is 0 Å². The molecular formula is C12H12N4O2. The van der Waals surface area contributed by atoms with Crippen molar-refractivity contribution in [2.75, 3.05) is 14.2 Å². The van der Waals surface area contributed by atoms with Crippen molar-refractivity contribution in [1.82, 2.24) is 14.5 Å². The smallest absolute Gasteiger partial charge is 0.298 e. The van der Waals surface area contributed by atoms with Crippen LogP contribution >= 0.6 is 0 Å². The van der Waals surface area contributed by atoms with Crippen LogP contribution in [0.1, 0.15) is 24.6 Å². The van der Waals surface area contributed by atoms with E-state index in [2.05, 4.69) is 9.97 Å². The highest BCUT2D eigenvalue weighted by Gasteiger charge is 2.30. The van der Waals surface area contributed by atoms with Gasteiger partial charge in [-0.25, -0.2) is 4.98 Å². The van der Waals surface area contributed by atoms with E-state index in [9.17, 15) is 0 Å². The number of nitrogens with zero attached hydrogens (tertiary/aromatic N) is 4. The van der Waals surface area contributed by atoms with Crippen molar-refractivity contribution in [3.05, 3.63) is 11.8 Å². The number of fused-ring (bicyclic) bond motifs is 1. The Morgan fingerprint density at radius 2 is 2.11 bits per heavy atom. The maximum absolute atomic E-state index is 9.00. The van der Waals surface area contributed by atoms with Crippen LogP contribution in [0.25, 0.3) is 11.2 Å². The molecule has 0 N–H and O–H groups in total. The monoisotopic (exact) mass is 244 g/mol. The van der Waals surface area contributed by atoms with Crippen LogP contribution in [0.2, 0.25) is 0 Å². The molecule has 0 radical (unpaired) electrons. The average molecular weight is 244 g/mol. The minimum atomic E-state index is 0.323. The molecule has 1 saturated carbocycles. The second kappa shape index (κ2) is 3.88. The predicted molar refractivity (Wildman–Crippen MR) is 63.6 cm³/mol. The van der Waals surface area contributed by atoms with E-state index in [4.69, 9.17) is 14.7 Å². The van der Waals surface area contributed by atoms with Gasteiger partial charge in [-0.1, -0.05) is 0 Å². The third-order valence-electron chi connectivity index (χ3n) is 3.01. The molecule has 2 aromatic rings. The van der Waals surface area contributed by atoms with Gasteiger partial charge in [-0.2, -0.15) is 10.2 Å². The summed E-state index contributed by atoms with van der Waals surface area (Å²) >= 11 is 0. The first-order valence-electron chi connectivity index (χ1n) is 5.69. The Kier molecular flexibility index (Phi) is 2.33. The number of aromatic nitrogens is 3. The molecule has 92 valence electrons. The van der Waals surface area contributed by atoms with Gasteiger partial charge < -0.3 is 9.47 Å². The number of hydrogen-bond donors (Lipinski definition) is 0. The average Bonchev–Trinajstić information content (AvgIpc) is 3.17. The van der Waals surface area contributed by atoms with Crippen molar-refractivity contribution >= 4 is 11.2 Å². The summed E-state index contributed by atoms with van der Waals surface area (Å²) in [5, 5.41) is 9.00. The SMILES string of the molecule is COc1cc(C#N)nc2c1nc(OC)n2C1CC1. The van der Waals surface area contributed by atoms with E-state index in [1.807, 2.05) is 10.6 Å². The first kappa shape index (κ1) is 10.8. The van der Waals surface area contributed by atoms with Crippen molar-refractivity contribution in [3.63, 3.8) is 0 Å². The van der Waals surface area contributed by atoms with Crippen LogP contribution in [-0.2, 0) is 0 Å². The molecular weight excluding hydrogens is 232 g/mol. The minimum Gasteiger partial charge on any atom is -0.494 e. The van der Waals surface area contributed by atoms with Gasteiger partial charge in [-0.15, -0.1) is 0 Å². The molecule has 0 aromatic carbocycles. The van der Waals surface area contributed by atoms with Crippen LogP contribution < -0.4 is 9.47 Å². The van der Waals surface area contributed by atoms with Crippen LogP contribution in [0.3, 0.4) is 0 Å². The summed E-state index contributed by atoms with van der Waals surface area (Å²) in [7, 11) is 3.14. The highest BCUT2D eigenvalue weighted by Crippen LogP contribution is 2.41. The van der Waals surface area contributed by atoms with Gasteiger partial charge in [0.05, 0.1) is 14.2 Å². The molecule has 0 bridgehead atoms. The second-order valence-corrected chi connectivity index (χ2v) is 4.19. The summed E-state index contributed by atoms with van der Waals surface area (Å²) in [4.78, 5) is 8.69. The zero-order chi connectivity index (χ0) is 12.7. The third-order valence-corrected chi connectivity index (χ3v) is 3.01. The largest absolute Gasteiger partial charge is 0.494 e. The van der Waals surface area contributed by atoms with Crippen molar-refractivity contribution in [3.8, 4) is 17.8 Å². The summed E-state index contributed by atoms with van der Waals surface area (Å²) in [6.07, 6.45) is 2.17. The Bertz CT molecular complexity index is 652. The molecule has 0 saturated heterocycles. The molecule has 6 heteroatoms.